The maximum Gasteiger partial charge on any atom is 0.119 e. The molecule has 1 nitrogen and oxygen atoms in total. The first-order chi connectivity index (χ1) is 7.39. The summed E-state index contributed by atoms with van der Waals surface area (Å²) in [6, 6.07) is 8.43. The van der Waals surface area contributed by atoms with Crippen LogP contribution >= 0.6 is 0 Å². The summed E-state index contributed by atoms with van der Waals surface area (Å²) in [5.74, 6) is 1.69. The molecular weight excluding hydrogens is 196 g/mol. The van der Waals surface area contributed by atoms with Crippen molar-refractivity contribution in [1.29, 1.82) is 0 Å². The predicted molar refractivity (Wildman–Crippen MR) is 70.1 cm³/mol. The highest BCUT2D eigenvalue weighted by Gasteiger charge is 2.13. The maximum absolute atomic E-state index is 5.75. The lowest BCUT2D eigenvalue weighted by Gasteiger charge is -2.19. The van der Waals surface area contributed by atoms with E-state index in [9.17, 15) is 0 Å². The van der Waals surface area contributed by atoms with Gasteiger partial charge in [0.15, 0.2) is 0 Å². The average molecular weight is 220 g/mol. The van der Waals surface area contributed by atoms with Crippen LogP contribution in [0, 0.1) is 5.92 Å². The highest BCUT2D eigenvalue weighted by molar-refractivity contribution is 5.32. The monoisotopic (exact) mass is 220 g/mol. The Morgan fingerprint density at radius 1 is 1.19 bits per heavy atom. The van der Waals surface area contributed by atoms with Crippen LogP contribution in [0.3, 0.4) is 0 Å². The maximum atomic E-state index is 5.75. The normalized spacial score (nSPS) is 11.9. The minimum absolute atomic E-state index is 0.192. The molecule has 0 N–H and O–H groups in total. The molecule has 1 rings (SSSR count). The van der Waals surface area contributed by atoms with Gasteiger partial charge in [0, 0.05) is 0 Å². The summed E-state index contributed by atoms with van der Waals surface area (Å²) in [5.41, 5.74) is 1.52. The summed E-state index contributed by atoms with van der Waals surface area (Å²) >= 11 is 0. The van der Waals surface area contributed by atoms with Crippen molar-refractivity contribution in [3.8, 4) is 5.75 Å². The Bertz CT molecular complexity index is 320. The fourth-order valence-corrected chi connectivity index (χ4v) is 1.46. The Balaban J connectivity index is 2.61. The second-order valence-electron chi connectivity index (χ2n) is 5.81. The second-order valence-corrected chi connectivity index (χ2v) is 5.81. The van der Waals surface area contributed by atoms with E-state index >= 15 is 0 Å². The zero-order valence-electron chi connectivity index (χ0n) is 11.2. The van der Waals surface area contributed by atoms with Crippen LogP contribution < -0.4 is 4.74 Å². The van der Waals surface area contributed by atoms with E-state index in [2.05, 4.69) is 52.8 Å². The van der Waals surface area contributed by atoms with Crippen molar-refractivity contribution in [1.82, 2.24) is 0 Å². The van der Waals surface area contributed by atoms with Gasteiger partial charge < -0.3 is 4.74 Å². The van der Waals surface area contributed by atoms with Crippen LogP contribution in [0.2, 0.25) is 0 Å². The number of ether oxygens (including phenoxy) is 1. The van der Waals surface area contributed by atoms with Gasteiger partial charge in [-0.05, 0) is 35.4 Å². The van der Waals surface area contributed by atoms with Gasteiger partial charge >= 0.3 is 0 Å². The molecule has 1 aromatic rings. The quantitative estimate of drug-likeness (QED) is 0.730. The molecule has 0 bridgehead atoms. The van der Waals surface area contributed by atoms with Crippen molar-refractivity contribution in [2.45, 2.75) is 46.5 Å². The van der Waals surface area contributed by atoms with Crippen molar-refractivity contribution in [2.24, 2.45) is 5.92 Å². The van der Waals surface area contributed by atoms with Gasteiger partial charge in [0.1, 0.15) is 5.75 Å². The van der Waals surface area contributed by atoms with E-state index in [-0.39, 0.29) is 5.41 Å². The van der Waals surface area contributed by atoms with E-state index in [1.54, 1.807) is 0 Å². The molecule has 1 aromatic carbocycles. The molecule has 0 heterocycles. The Morgan fingerprint density at radius 3 is 2.44 bits per heavy atom. The third kappa shape index (κ3) is 4.26. The highest BCUT2D eigenvalue weighted by Crippen LogP contribution is 2.25. The van der Waals surface area contributed by atoms with Gasteiger partial charge in [-0.2, -0.15) is 0 Å². The summed E-state index contributed by atoms with van der Waals surface area (Å²) < 4.78 is 5.75. The lowest BCUT2D eigenvalue weighted by Crippen LogP contribution is -2.11. The van der Waals surface area contributed by atoms with Crippen molar-refractivity contribution in [3.63, 3.8) is 0 Å². The molecule has 0 aromatic heterocycles. The molecule has 90 valence electrons. The first-order valence-corrected chi connectivity index (χ1v) is 6.13. The third-order valence-electron chi connectivity index (χ3n) is 2.66. The Kier molecular flexibility index (Phi) is 4.40. The number of benzene rings is 1. The first kappa shape index (κ1) is 13.1. The summed E-state index contributed by atoms with van der Waals surface area (Å²) in [6.07, 6.45) is 1.11. The third-order valence-corrected chi connectivity index (χ3v) is 2.66. The Morgan fingerprint density at radius 2 is 1.88 bits per heavy atom. The Hall–Kier alpha value is -0.980. The van der Waals surface area contributed by atoms with Gasteiger partial charge in [-0.3, -0.25) is 0 Å². The van der Waals surface area contributed by atoms with Crippen LogP contribution in [0.4, 0.5) is 0 Å². The molecule has 0 saturated carbocycles. The molecule has 0 saturated heterocycles. The van der Waals surface area contributed by atoms with E-state index in [0.717, 1.165) is 18.8 Å². The van der Waals surface area contributed by atoms with Gasteiger partial charge in [0.05, 0.1) is 6.61 Å². The number of hydrogen-bond donors (Lipinski definition) is 0. The van der Waals surface area contributed by atoms with Gasteiger partial charge in [0.2, 0.25) is 0 Å². The topological polar surface area (TPSA) is 9.23 Å². The second kappa shape index (κ2) is 5.38. The molecule has 0 atom stereocenters. The Labute approximate surface area is 99.8 Å². The van der Waals surface area contributed by atoms with Crippen molar-refractivity contribution in [3.05, 3.63) is 29.8 Å². The van der Waals surface area contributed by atoms with Crippen LogP contribution in [0.1, 0.15) is 46.6 Å². The summed E-state index contributed by atoms with van der Waals surface area (Å²) in [5, 5.41) is 0. The largest absolute Gasteiger partial charge is 0.494 e. The fourth-order valence-electron chi connectivity index (χ4n) is 1.46. The molecule has 16 heavy (non-hydrogen) atoms. The minimum Gasteiger partial charge on any atom is -0.494 e. The van der Waals surface area contributed by atoms with Gasteiger partial charge in [0.25, 0.3) is 0 Å². The summed E-state index contributed by atoms with van der Waals surface area (Å²) in [4.78, 5) is 0. The van der Waals surface area contributed by atoms with Gasteiger partial charge in [-0.1, -0.05) is 46.8 Å². The molecule has 0 aliphatic heterocycles. The molecule has 0 spiro atoms. The molecular formula is C15H24O. The lowest BCUT2D eigenvalue weighted by atomic mass is 9.87. The average Bonchev–Trinajstić information content (AvgIpc) is 2.16. The van der Waals surface area contributed by atoms with E-state index in [0.29, 0.717) is 5.92 Å². The van der Waals surface area contributed by atoms with E-state index in [1.807, 2.05) is 6.07 Å². The number of rotatable bonds is 4. The highest BCUT2D eigenvalue weighted by atomic mass is 16.5. The van der Waals surface area contributed by atoms with Gasteiger partial charge in [-0.25, -0.2) is 0 Å². The fraction of sp³-hybridized carbons (Fsp3) is 0.600. The van der Waals surface area contributed by atoms with Crippen LogP contribution in [0.15, 0.2) is 24.3 Å². The lowest BCUT2D eigenvalue weighted by molar-refractivity contribution is 0.289. The molecule has 0 aliphatic rings. The molecule has 1 heteroatoms. The molecule has 0 amide bonds. The molecule has 0 aliphatic carbocycles. The molecule has 0 unspecified atom stereocenters. The SMILES string of the molecule is CC(C)CCOc1cccc(C(C)(C)C)c1. The molecule has 0 radical (unpaired) electrons. The van der Waals surface area contributed by atoms with E-state index < -0.39 is 0 Å². The van der Waals surface area contributed by atoms with Crippen LogP contribution in [0.5, 0.6) is 5.75 Å². The minimum atomic E-state index is 0.192. The van der Waals surface area contributed by atoms with Crippen LogP contribution in [0.25, 0.3) is 0 Å². The first-order valence-electron chi connectivity index (χ1n) is 6.13. The van der Waals surface area contributed by atoms with Crippen molar-refractivity contribution < 1.29 is 4.74 Å². The summed E-state index contributed by atoms with van der Waals surface area (Å²) in [7, 11) is 0. The van der Waals surface area contributed by atoms with Crippen LogP contribution in [-0.2, 0) is 5.41 Å². The van der Waals surface area contributed by atoms with Crippen LogP contribution in [-0.4, -0.2) is 6.61 Å². The zero-order chi connectivity index (χ0) is 12.2. The smallest absolute Gasteiger partial charge is 0.119 e. The number of hydrogen-bond acceptors (Lipinski definition) is 1. The van der Waals surface area contributed by atoms with Crippen molar-refractivity contribution >= 4 is 0 Å². The van der Waals surface area contributed by atoms with E-state index in [1.165, 1.54) is 5.56 Å². The standard InChI is InChI=1S/C15H24O/c1-12(2)9-10-16-14-8-6-7-13(11-14)15(3,4)5/h6-8,11-12H,9-10H2,1-5H3. The van der Waals surface area contributed by atoms with Gasteiger partial charge in [-0.15, -0.1) is 0 Å². The van der Waals surface area contributed by atoms with Crippen molar-refractivity contribution in [2.75, 3.05) is 6.61 Å². The molecule has 0 fully saturated rings. The zero-order valence-corrected chi connectivity index (χ0v) is 11.2. The van der Waals surface area contributed by atoms with E-state index in [4.69, 9.17) is 4.74 Å². The summed E-state index contributed by atoms with van der Waals surface area (Å²) in [6.45, 7) is 11.9. The predicted octanol–water partition coefficient (Wildman–Crippen LogP) is 4.41.